The van der Waals surface area contributed by atoms with Gasteiger partial charge in [-0.2, -0.15) is 0 Å². The molecule has 154 valence electrons. The highest BCUT2D eigenvalue weighted by atomic mass is 79.9. The van der Waals surface area contributed by atoms with Crippen LogP contribution in [-0.4, -0.2) is 13.2 Å². The number of benzene rings is 2. The van der Waals surface area contributed by atoms with Crippen molar-refractivity contribution >= 4 is 39.1 Å². The molecule has 0 aliphatic heterocycles. The van der Waals surface area contributed by atoms with Gasteiger partial charge in [-0.15, -0.1) is 0 Å². The Kier molecular flexibility index (Phi) is 10.5. The molecule has 0 aromatic heterocycles. The molecule has 0 amide bonds. The lowest BCUT2D eigenvalue weighted by Crippen LogP contribution is -2.15. The molecule has 0 bridgehead atoms. The molecular formula is C22H28BrCl2NO2. The van der Waals surface area contributed by atoms with E-state index in [0.29, 0.717) is 29.0 Å². The minimum atomic E-state index is 0.387. The number of unbranched alkanes of at least 4 members (excludes halogenated alkanes) is 3. The van der Waals surface area contributed by atoms with Crippen LogP contribution in [-0.2, 0) is 13.2 Å². The SMILES string of the molecule is CCCCCCNCc1cc(OCC)c(OCc2ccc(Cl)c(Cl)c2)cc1Br. The van der Waals surface area contributed by atoms with Crippen molar-refractivity contribution in [1.82, 2.24) is 5.32 Å². The van der Waals surface area contributed by atoms with Crippen molar-refractivity contribution in [3.8, 4) is 11.5 Å². The lowest BCUT2D eigenvalue weighted by Gasteiger charge is -2.16. The maximum atomic E-state index is 6.08. The second-order valence-corrected chi connectivity index (χ2v) is 8.27. The fourth-order valence-corrected chi connectivity index (χ4v) is 3.57. The van der Waals surface area contributed by atoms with Crippen molar-refractivity contribution in [2.24, 2.45) is 0 Å². The Balaban J connectivity index is 2.01. The second kappa shape index (κ2) is 12.6. The van der Waals surface area contributed by atoms with Crippen molar-refractivity contribution in [2.75, 3.05) is 13.2 Å². The lowest BCUT2D eigenvalue weighted by atomic mass is 10.1. The van der Waals surface area contributed by atoms with Crippen LogP contribution in [0.4, 0.5) is 0 Å². The second-order valence-electron chi connectivity index (χ2n) is 6.60. The van der Waals surface area contributed by atoms with Gasteiger partial charge in [0.15, 0.2) is 11.5 Å². The van der Waals surface area contributed by atoms with Gasteiger partial charge in [-0.25, -0.2) is 0 Å². The first-order valence-electron chi connectivity index (χ1n) is 9.77. The predicted molar refractivity (Wildman–Crippen MR) is 122 cm³/mol. The summed E-state index contributed by atoms with van der Waals surface area (Å²) in [6.07, 6.45) is 5.03. The third kappa shape index (κ3) is 7.47. The Morgan fingerprint density at radius 1 is 0.929 bits per heavy atom. The van der Waals surface area contributed by atoms with Crippen LogP contribution in [0.1, 0.15) is 50.7 Å². The van der Waals surface area contributed by atoms with Gasteiger partial charge in [0.1, 0.15) is 6.61 Å². The summed E-state index contributed by atoms with van der Waals surface area (Å²) in [6, 6.07) is 9.50. The molecule has 0 spiro atoms. The summed E-state index contributed by atoms with van der Waals surface area (Å²) in [5.74, 6) is 1.44. The summed E-state index contributed by atoms with van der Waals surface area (Å²) >= 11 is 15.7. The molecule has 2 aromatic carbocycles. The number of hydrogen-bond donors (Lipinski definition) is 1. The fourth-order valence-electron chi connectivity index (χ4n) is 2.78. The molecule has 0 unspecified atom stereocenters. The zero-order chi connectivity index (χ0) is 20.4. The molecule has 0 radical (unpaired) electrons. The molecular weight excluding hydrogens is 461 g/mol. The molecule has 0 aliphatic carbocycles. The van der Waals surface area contributed by atoms with Crippen molar-refractivity contribution in [2.45, 2.75) is 52.7 Å². The van der Waals surface area contributed by atoms with E-state index >= 15 is 0 Å². The molecule has 1 N–H and O–H groups in total. The maximum Gasteiger partial charge on any atom is 0.162 e. The lowest BCUT2D eigenvalue weighted by molar-refractivity contribution is 0.269. The molecule has 0 saturated heterocycles. The first-order valence-corrected chi connectivity index (χ1v) is 11.3. The smallest absolute Gasteiger partial charge is 0.162 e. The van der Waals surface area contributed by atoms with Gasteiger partial charge in [0, 0.05) is 11.0 Å². The van der Waals surface area contributed by atoms with E-state index in [1.54, 1.807) is 6.07 Å². The van der Waals surface area contributed by atoms with Crippen LogP contribution in [0.25, 0.3) is 0 Å². The maximum absolute atomic E-state index is 6.08. The highest BCUT2D eigenvalue weighted by Gasteiger charge is 2.12. The third-order valence-electron chi connectivity index (χ3n) is 4.31. The van der Waals surface area contributed by atoms with Crippen molar-refractivity contribution in [1.29, 1.82) is 0 Å². The quantitative estimate of drug-likeness (QED) is 0.315. The average Bonchev–Trinajstić information content (AvgIpc) is 2.68. The van der Waals surface area contributed by atoms with E-state index in [-0.39, 0.29) is 0 Å². The minimum absolute atomic E-state index is 0.387. The Bertz CT molecular complexity index is 756. The molecule has 0 aliphatic rings. The van der Waals surface area contributed by atoms with Crippen LogP contribution < -0.4 is 14.8 Å². The fraction of sp³-hybridized carbons (Fsp3) is 0.455. The molecule has 0 heterocycles. The van der Waals surface area contributed by atoms with Crippen LogP contribution in [0.15, 0.2) is 34.8 Å². The normalized spacial score (nSPS) is 10.9. The molecule has 0 fully saturated rings. The number of rotatable bonds is 12. The van der Waals surface area contributed by atoms with Gasteiger partial charge in [0.2, 0.25) is 0 Å². The number of ether oxygens (including phenoxy) is 2. The van der Waals surface area contributed by atoms with Crippen molar-refractivity contribution in [3.05, 3.63) is 56.0 Å². The van der Waals surface area contributed by atoms with Crippen LogP contribution in [0.3, 0.4) is 0 Å². The molecule has 28 heavy (non-hydrogen) atoms. The standard InChI is InChI=1S/C22H28BrCl2NO2/c1-3-5-6-7-10-26-14-17-12-21(27-4-2)22(13-18(17)23)28-15-16-8-9-19(24)20(25)11-16/h8-9,11-13,26H,3-7,10,14-15H2,1-2H3. The third-order valence-corrected chi connectivity index (χ3v) is 5.79. The Morgan fingerprint density at radius 2 is 1.71 bits per heavy atom. The van der Waals surface area contributed by atoms with Gasteiger partial charge in [-0.1, -0.05) is 71.4 Å². The van der Waals surface area contributed by atoms with Gasteiger partial charge in [-0.3, -0.25) is 0 Å². The summed E-state index contributed by atoms with van der Waals surface area (Å²) in [4.78, 5) is 0. The van der Waals surface area contributed by atoms with E-state index in [2.05, 4.69) is 28.2 Å². The monoisotopic (exact) mass is 487 g/mol. The van der Waals surface area contributed by atoms with Crippen LogP contribution in [0, 0.1) is 0 Å². The van der Waals surface area contributed by atoms with E-state index < -0.39 is 0 Å². The first-order chi connectivity index (χ1) is 13.5. The minimum Gasteiger partial charge on any atom is -0.490 e. The highest BCUT2D eigenvalue weighted by Crippen LogP contribution is 2.34. The summed E-state index contributed by atoms with van der Waals surface area (Å²) in [5, 5.41) is 4.57. The largest absolute Gasteiger partial charge is 0.490 e. The van der Waals surface area contributed by atoms with E-state index in [9.17, 15) is 0 Å². The van der Waals surface area contributed by atoms with Gasteiger partial charge >= 0.3 is 0 Å². The van der Waals surface area contributed by atoms with Gasteiger partial charge < -0.3 is 14.8 Å². The number of halogens is 3. The summed E-state index contributed by atoms with van der Waals surface area (Å²) in [6.45, 7) is 6.97. The summed E-state index contributed by atoms with van der Waals surface area (Å²) in [7, 11) is 0. The van der Waals surface area contributed by atoms with Crippen LogP contribution in [0.5, 0.6) is 11.5 Å². The Hall–Kier alpha value is -0.940. The zero-order valence-electron chi connectivity index (χ0n) is 16.5. The molecule has 6 heteroatoms. The topological polar surface area (TPSA) is 30.5 Å². The van der Waals surface area contributed by atoms with E-state index in [1.807, 2.05) is 31.2 Å². The summed E-state index contributed by atoms with van der Waals surface area (Å²) in [5.41, 5.74) is 2.10. The molecule has 0 atom stereocenters. The Morgan fingerprint density at radius 3 is 2.43 bits per heavy atom. The molecule has 2 rings (SSSR count). The van der Waals surface area contributed by atoms with Gasteiger partial charge in [-0.05, 0) is 55.3 Å². The predicted octanol–water partition coefficient (Wildman–Crippen LogP) is 7.40. The van der Waals surface area contributed by atoms with E-state index in [0.717, 1.165) is 34.4 Å². The van der Waals surface area contributed by atoms with Crippen molar-refractivity contribution in [3.63, 3.8) is 0 Å². The van der Waals surface area contributed by atoms with Gasteiger partial charge in [0.05, 0.1) is 16.7 Å². The average molecular weight is 489 g/mol. The van der Waals surface area contributed by atoms with E-state index in [4.69, 9.17) is 32.7 Å². The van der Waals surface area contributed by atoms with Crippen molar-refractivity contribution < 1.29 is 9.47 Å². The van der Waals surface area contributed by atoms with Crippen LogP contribution in [0.2, 0.25) is 10.0 Å². The zero-order valence-corrected chi connectivity index (χ0v) is 19.6. The van der Waals surface area contributed by atoms with Gasteiger partial charge in [0.25, 0.3) is 0 Å². The van der Waals surface area contributed by atoms with Crippen LogP contribution >= 0.6 is 39.1 Å². The molecule has 3 nitrogen and oxygen atoms in total. The Labute approximate surface area is 186 Å². The first kappa shape index (κ1) is 23.3. The molecule has 0 saturated carbocycles. The summed E-state index contributed by atoms with van der Waals surface area (Å²) < 4.78 is 12.8. The molecule has 2 aromatic rings. The van der Waals surface area contributed by atoms with E-state index in [1.165, 1.54) is 25.7 Å². The number of hydrogen-bond acceptors (Lipinski definition) is 3. The highest BCUT2D eigenvalue weighted by molar-refractivity contribution is 9.10. The number of nitrogens with one attached hydrogen (secondary N) is 1.